The molecule has 0 bridgehead atoms. The number of nitrogens with one attached hydrogen (secondary N) is 1. The fourth-order valence-corrected chi connectivity index (χ4v) is 2.11. The van der Waals surface area contributed by atoms with E-state index in [1.165, 1.54) is 11.3 Å². The van der Waals surface area contributed by atoms with E-state index in [0.717, 1.165) is 17.2 Å². The number of thiazole rings is 1. The Morgan fingerprint density at radius 2 is 2.53 bits per heavy atom. The summed E-state index contributed by atoms with van der Waals surface area (Å²) in [6, 6.07) is 0. The first kappa shape index (κ1) is 12.5. The third-order valence-corrected chi connectivity index (χ3v) is 3.34. The van der Waals surface area contributed by atoms with Gasteiger partial charge in [0.25, 0.3) is 5.91 Å². The number of hydrogen-bond acceptors (Lipinski definition) is 5. The van der Waals surface area contributed by atoms with Crippen LogP contribution < -0.4 is 11.1 Å². The van der Waals surface area contributed by atoms with Crippen LogP contribution in [0.15, 0.2) is 5.38 Å². The highest BCUT2D eigenvalue weighted by molar-refractivity contribution is 7.98. The van der Waals surface area contributed by atoms with Crippen molar-refractivity contribution in [1.29, 1.82) is 0 Å². The summed E-state index contributed by atoms with van der Waals surface area (Å²) in [5.74, 6) is 0.956. The van der Waals surface area contributed by atoms with Gasteiger partial charge in [0.2, 0.25) is 0 Å². The largest absolute Gasteiger partial charge is 0.351 e. The topological polar surface area (TPSA) is 68.0 Å². The van der Waals surface area contributed by atoms with Crippen LogP contribution in [0.4, 0.5) is 0 Å². The lowest BCUT2D eigenvalue weighted by Gasteiger charge is -2.01. The van der Waals surface area contributed by atoms with Crippen LogP contribution in [0.1, 0.15) is 21.9 Å². The third-order valence-electron chi connectivity index (χ3n) is 1.77. The van der Waals surface area contributed by atoms with E-state index in [0.29, 0.717) is 18.8 Å². The number of rotatable bonds is 6. The highest BCUT2D eigenvalue weighted by Crippen LogP contribution is 2.08. The van der Waals surface area contributed by atoms with E-state index < -0.39 is 0 Å². The Hall–Kier alpha value is -0.590. The first-order valence-electron chi connectivity index (χ1n) is 4.69. The van der Waals surface area contributed by atoms with Gasteiger partial charge in [-0.05, 0) is 18.4 Å². The van der Waals surface area contributed by atoms with E-state index in [-0.39, 0.29) is 5.91 Å². The molecule has 0 fully saturated rings. The standard InChI is InChI=1S/C9H15N3OS2/c1-14-4-2-3-11-9(13)7-6-15-8(5-10)12-7/h6H,2-5,10H2,1H3,(H,11,13). The van der Waals surface area contributed by atoms with Crippen molar-refractivity contribution in [1.82, 2.24) is 10.3 Å². The molecule has 1 aromatic heterocycles. The molecule has 0 aliphatic heterocycles. The number of carbonyl (C=O) groups is 1. The monoisotopic (exact) mass is 245 g/mol. The molecule has 0 aliphatic rings. The van der Waals surface area contributed by atoms with Crippen molar-refractivity contribution in [3.63, 3.8) is 0 Å². The van der Waals surface area contributed by atoms with Gasteiger partial charge in [-0.15, -0.1) is 11.3 Å². The lowest BCUT2D eigenvalue weighted by molar-refractivity contribution is 0.0949. The summed E-state index contributed by atoms with van der Waals surface area (Å²) >= 11 is 3.20. The van der Waals surface area contributed by atoms with Crippen LogP contribution in [-0.2, 0) is 6.54 Å². The second-order valence-corrected chi connectivity index (χ2v) is 4.86. The molecule has 0 unspecified atom stereocenters. The normalized spacial score (nSPS) is 10.3. The van der Waals surface area contributed by atoms with Crippen molar-refractivity contribution in [2.24, 2.45) is 5.73 Å². The van der Waals surface area contributed by atoms with Crippen LogP contribution in [0.2, 0.25) is 0 Å². The number of nitrogens with two attached hydrogens (primary N) is 1. The van der Waals surface area contributed by atoms with Crippen molar-refractivity contribution in [2.45, 2.75) is 13.0 Å². The second-order valence-electron chi connectivity index (χ2n) is 2.93. The maximum Gasteiger partial charge on any atom is 0.270 e. The molecule has 1 heterocycles. The molecule has 4 nitrogen and oxygen atoms in total. The van der Waals surface area contributed by atoms with E-state index in [4.69, 9.17) is 5.73 Å². The number of thioether (sulfide) groups is 1. The summed E-state index contributed by atoms with van der Waals surface area (Å²) in [4.78, 5) is 15.6. The minimum Gasteiger partial charge on any atom is -0.351 e. The van der Waals surface area contributed by atoms with E-state index in [1.807, 2.05) is 0 Å². The molecule has 1 amide bonds. The molecule has 1 aromatic rings. The predicted octanol–water partition coefficient (Wildman–Crippen LogP) is 1.08. The van der Waals surface area contributed by atoms with Gasteiger partial charge in [0.15, 0.2) is 0 Å². The first-order valence-corrected chi connectivity index (χ1v) is 6.97. The zero-order valence-corrected chi connectivity index (χ0v) is 10.3. The van der Waals surface area contributed by atoms with E-state index >= 15 is 0 Å². The van der Waals surface area contributed by atoms with Gasteiger partial charge in [-0.1, -0.05) is 0 Å². The average Bonchev–Trinajstić information content (AvgIpc) is 2.72. The van der Waals surface area contributed by atoms with Gasteiger partial charge >= 0.3 is 0 Å². The van der Waals surface area contributed by atoms with Crippen LogP contribution >= 0.6 is 23.1 Å². The van der Waals surface area contributed by atoms with Gasteiger partial charge in [-0.2, -0.15) is 11.8 Å². The van der Waals surface area contributed by atoms with Gasteiger partial charge in [0, 0.05) is 18.5 Å². The molecule has 15 heavy (non-hydrogen) atoms. The molecule has 0 saturated carbocycles. The second kappa shape index (κ2) is 6.81. The zero-order chi connectivity index (χ0) is 11.1. The molecule has 0 aliphatic carbocycles. The van der Waals surface area contributed by atoms with Crippen LogP contribution in [0.5, 0.6) is 0 Å². The lowest BCUT2D eigenvalue weighted by atomic mass is 10.4. The van der Waals surface area contributed by atoms with Crippen LogP contribution in [-0.4, -0.2) is 29.4 Å². The Labute approximate surface area is 97.7 Å². The predicted molar refractivity (Wildman–Crippen MR) is 65.3 cm³/mol. The number of aromatic nitrogens is 1. The molecule has 84 valence electrons. The SMILES string of the molecule is CSCCCNC(=O)c1csc(CN)n1. The molecule has 1 rings (SSSR count). The molecule has 0 atom stereocenters. The van der Waals surface area contributed by atoms with Gasteiger partial charge in [0.1, 0.15) is 10.7 Å². The minimum absolute atomic E-state index is 0.105. The summed E-state index contributed by atoms with van der Waals surface area (Å²) in [5, 5.41) is 5.36. The molecule has 0 aromatic carbocycles. The Kier molecular flexibility index (Phi) is 5.67. The smallest absolute Gasteiger partial charge is 0.270 e. The van der Waals surface area contributed by atoms with E-state index in [9.17, 15) is 4.79 Å². The van der Waals surface area contributed by atoms with Gasteiger partial charge in [0.05, 0.1) is 0 Å². The Balaban J connectivity index is 2.33. The molecule has 0 radical (unpaired) electrons. The number of carbonyl (C=O) groups excluding carboxylic acids is 1. The number of hydrogen-bond donors (Lipinski definition) is 2. The quantitative estimate of drug-likeness (QED) is 0.736. The van der Waals surface area contributed by atoms with Gasteiger partial charge in [-0.3, -0.25) is 4.79 Å². The molecule has 3 N–H and O–H groups in total. The minimum atomic E-state index is -0.105. The number of nitrogens with zero attached hydrogens (tertiary/aromatic N) is 1. The summed E-state index contributed by atoms with van der Waals surface area (Å²) in [7, 11) is 0. The molecular formula is C9H15N3OS2. The highest BCUT2D eigenvalue weighted by atomic mass is 32.2. The molecule has 0 spiro atoms. The Bertz CT molecular complexity index is 314. The Morgan fingerprint density at radius 1 is 1.73 bits per heavy atom. The maximum atomic E-state index is 11.5. The van der Waals surface area contributed by atoms with Crippen LogP contribution in [0, 0.1) is 0 Å². The van der Waals surface area contributed by atoms with Crippen molar-refractivity contribution < 1.29 is 4.79 Å². The maximum absolute atomic E-state index is 11.5. The molecular weight excluding hydrogens is 230 g/mol. The first-order chi connectivity index (χ1) is 7.27. The summed E-state index contributed by atoms with van der Waals surface area (Å²) in [6.45, 7) is 1.10. The molecule has 0 saturated heterocycles. The Morgan fingerprint density at radius 3 is 3.13 bits per heavy atom. The zero-order valence-electron chi connectivity index (χ0n) is 8.66. The van der Waals surface area contributed by atoms with Crippen molar-refractivity contribution in [2.75, 3.05) is 18.6 Å². The summed E-state index contributed by atoms with van der Waals surface area (Å²) < 4.78 is 0. The van der Waals surface area contributed by atoms with Crippen molar-refractivity contribution in [3.05, 3.63) is 16.1 Å². The highest BCUT2D eigenvalue weighted by Gasteiger charge is 2.08. The third kappa shape index (κ3) is 4.19. The molecule has 6 heteroatoms. The van der Waals surface area contributed by atoms with Gasteiger partial charge in [-0.25, -0.2) is 4.98 Å². The van der Waals surface area contributed by atoms with Gasteiger partial charge < -0.3 is 11.1 Å². The van der Waals surface area contributed by atoms with E-state index in [1.54, 1.807) is 17.1 Å². The summed E-state index contributed by atoms with van der Waals surface area (Å²) in [6.07, 6.45) is 3.04. The lowest BCUT2D eigenvalue weighted by Crippen LogP contribution is -2.25. The fourth-order valence-electron chi connectivity index (χ4n) is 1.02. The van der Waals surface area contributed by atoms with Crippen LogP contribution in [0.3, 0.4) is 0 Å². The van der Waals surface area contributed by atoms with Crippen molar-refractivity contribution in [3.8, 4) is 0 Å². The average molecular weight is 245 g/mol. The van der Waals surface area contributed by atoms with Crippen molar-refractivity contribution >= 4 is 29.0 Å². The van der Waals surface area contributed by atoms with Crippen LogP contribution in [0.25, 0.3) is 0 Å². The summed E-state index contributed by atoms with van der Waals surface area (Å²) in [5.41, 5.74) is 5.89. The number of amides is 1. The van der Waals surface area contributed by atoms with E-state index in [2.05, 4.69) is 16.6 Å². The fraction of sp³-hybridized carbons (Fsp3) is 0.556.